The molecule has 0 unspecified atom stereocenters. The lowest BCUT2D eigenvalue weighted by Gasteiger charge is -2.16. The van der Waals surface area contributed by atoms with Crippen molar-refractivity contribution in [1.82, 2.24) is 0 Å². The van der Waals surface area contributed by atoms with Gasteiger partial charge in [-0.2, -0.15) is 0 Å². The average molecular weight is 300 g/mol. The summed E-state index contributed by atoms with van der Waals surface area (Å²) in [5.74, 6) is 0. The Morgan fingerprint density at radius 3 is 1.67 bits per heavy atom. The summed E-state index contributed by atoms with van der Waals surface area (Å²) < 4.78 is 0. The van der Waals surface area contributed by atoms with Gasteiger partial charge >= 0.3 is 0 Å². The molecule has 0 heterocycles. The third-order valence-corrected chi connectivity index (χ3v) is 4.52. The van der Waals surface area contributed by atoms with E-state index in [1.165, 1.54) is 44.9 Å². The molecule has 0 radical (unpaired) electrons. The maximum absolute atomic E-state index is 2.41. The summed E-state index contributed by atoms with van der Waals surface area (Å²) in [5.41, 5.74) is 0. The highest BCUT2D eigenvalue weighted by atomic mass is 127. The van der Waals surface area contributed by atoms with Crippen molar-refractivity contribution < 1.29 is 24.0 Å². The lowest BCUT2D eigenvalue weighted by Crippen LogP contribution is -3.00. The van der Waals surface area contributed by atoms with Crippen molar-refractivity contribution >= 4 is 10.9 Å². The molecule has 0 nitrogen and oxygen atoms in total. The summed E-state index contributed by atoms with van der Waals surface area (Å²) in [6.45, 7) is 0. The summed E-state index contributed by atoms with van der Waals surface area (Å²) in [5, 5.41) is 1.07. The van der Waals surface area contributed by atoms with Gasteiger partial charge in [-0.15, -0.1) is 0 Å². The van der Waals surface area contributed by atoms with Crippen LogP contribution in [0.3, 0.4) is 0 Å². The van der Waals surface area contributed by atoms with Gasteiger partial charge in [0.05, 0.1) is 12.5 Å². The van der Waals surface area contributed by atoms with Crippen LogP contribution in [0.1, 0.15) is 44.9 Å². The molecule has 0 aromatic carbocycles. The van der Waals surface area contributed by atoms with Gasteiger partial charge in [0.15, 0.2) is 0 Å². The first-order chi connectivity index (χ1) is 5.30. The van der Waals surface area contributed by atoms with Gasteiger partial charge in [0.2, 0.25) is 0 Å². The monoisotopic (exact) mass is 300 g/mol. The van der Waals surface area contributed by atoms with Gasteiger partial charge in [0.25, 0.3) is 0 Å². The van der Waals surface area contributed by atoms with Crippen LogP contribution in [0.4, 0.5) is 0 Å². The van der Waals surface area contributed by atoms with Crippen molar-refractivity contribution in [2.24, 2.45) is 0 Å². The van der Waals surface area contributed by atoms with Crippen molar-refractivity contribution in [1.29, 1.82) is 0 Å². The van der Waals surface area contributed by atoms with Crippen LogP contribution in [0.15, 0.2) is 0 Å². The topological polar surface area (TPSA) is 0 Å². The fraction of sp³-hybridized carbons (Fsp3) is 1.00. The largest absolute Gasteiger partial charge is 1.00 e. The van der Waals surface area contributed by atoms with E-state index < -0.39 is 0 Å². The highest BCUT2D eigenvalue weighted by Crippen LogP contribution is 2.21. The van der Waals surface area contributed by atoms with E-state index in [0.717, 1.165) is 5.25 Å². The normalized spacial score (nSPS) is 21.2. The molecule has 0 amide bonds. The maximum Gasteiger partial charge on any atom is 0.117 e. The first-order valence-corrected chi connectivity index (χ1v) is 6.97. The molecule has 0 saturated heterocycles. The molecular weight excluding hydrogens is 279 g/mol. The van der Waals surface area contributed by atoms with Crippen LogP contribution in [0.2, 0.25) is 0 Å². The molecule has 2 heteroatoms. The minimum atomic E-state index is 0. The quantitative estimate of drug-likeness (QED) is 0.472. The van der Waals surface area contributed by atoms with Crippen molar-refractivity contribution in [3.8, 4) is 0 Å². The van der Waals surface area contributed by atoms with Gasteiger partial charge < -0.3 is 24.0 Å². The molecular formula is C10H21IS. The summed E-state index contributed by atoms with van der Waals surface area (Å²) in [7, 11) is 0.679. The van der Waals surface area contributed by atoms with Gasteiger partial charge in [0.1, 0.15) is 5.25 Å². The minimum Gasteiger partial charge on any atom is -1.00 e. The maximum atomic E-state index is 2.41. The predicted octanol–water partition coefficient (Wildman–Crippen LogP) is -0.0188. The number of hydrogen-bond acceptors (Lipinski definition) is 0. The summed E-state index contributed by atoms with van der Waals surface area (Å²) in [6.07, 6.45) is 15.3. The Morgan fingerprint density at radius 2 is 1.25 bits per heavy atom. The third kappa shape index (κ3) is 4.95. The van der Waals surface area contributed by atoms with Crippen molar-refractivity contribution in [3.63, 3.8) is 0 Å². The highest BCUT2D eigenvalue weighted by molar-refractivity contribution is 7.96. The second-order valence-corrected chi connectivity index (χ2v) is 6.27. The molecule has 0 aromatic heterocycles. The highest BCUT2D eigenvalue weighted by Gasteiger charge is 2.21. The lowest BCUT2D eigenvalue weighted by molar-refractivity contribution is -0.00000249. The molecule has 1 aliphatic rings. The van der Waals surface area contributed by atoms with Gasteiger partial charge in [0, 0.05) is 0 Å². The van der Waals surface area contributed by atoms with Crippen LogP contribution in [0.5, 0.6) is 0 Å². The van der Waals surface area contributed by atoms with Crippen LogP contribution < -0.4 is 24.0 Å². The van der Waals surface area contributed by atoms with E-state index in [0.29, 0.717) is 10.9 Å². The Morgan fingerprint density at radius 1 is 0.833 bits per heavy atom. The van der Waals surface area contributed by atoms with Crippen LogP contribution >= 0.6 is 0 Å². The Hall–Kier alpha value is 1.08. The van der Waals surface area contributed by atoms with Gasteiger partial charge in [-0.25, -0.2) is 0 Å². The predicted molar refractivity (Wildman–Crippen MR) is 55.3 cm³/mol. The molecule has 0 atom stereocenters. The molecule has 74 valence electrons. The molecule has 1 saturated carbocycles. The standard InChI is InChI=1S/C10H21S.HI/c1-11(2)10-8-6-4-3-5-7-9-10;/h10H,3-9H2,1-2H3;1H/q+1;/p-1. The Bertz CT molecular complexity index is 96.0. The molecule has 0 aliphatic heterocycles. The molecule has 0 N–H and O–H groups in total. The first-order valence-electron chi connectivity index (χ1n) is 4.87. The molecule has 0 spiro atoms. The lowest BCUT2D eigenvalue weighted by atomic mass is 10.0. The smallest absolute Gasteiger partial charge is 0.117 e. The van der Waals surface area contributed by atoms with E-state index in [4.69, 9.17) is 0 Å². The summed E-state index contributed by atoms with van der Waals surface area (Å²) in [6, 6.07) is 0. The molecule has 1 rings (SSSR count). The van der Waals surface area contributed by atoms with E-state index in [2.05, 4.69) is 12.5 Å². The van der Waals surface area contributed by atoms with Gasteiger partial charge in [-0.3, -0.25) is 0 Å². The Kier molecular flexibility index (Phi) is 8.15. The SMILES string of the molecule is C[S+](C)C1CCCCCCC1.[I-]. The van der Waals surface area contributed by atoms with Gasteiger partial charge in [-0.1, -0.05) is 19.3 Å². The summed E-state index contributed by atoms with van der Waals surface area (Å²) >= 11 is 0. The van der Waals surface area contributed by atoms with Crippen LogP contribution in [0.25, 0.3) is 0 Å². The third-order valence-electron chi connectivity index (χ3n) is 2.72. The van der Waals surface area contributed by atoms with E-state index in [1.54, 1.807) is 0 Å². The second kappa shape index (κ2) is 7.48. The molecule has 12 heavy (non-hydrogen) atoms. The van der Waals surface area contributed by atoms with Crippen molar-refractivity contribution in [2.75, 3.05) is 12.5 Å². The molecule has 1 aliphatic carbocycles. The number of hydrogen-bond donors (Lipinski definition) is 0. The molecule has 1 fully saturated rings. The zero-order chi connectivity index (χ0) is 8.10. The van der Waals surface area contributed by atoms with Crippen LogP contribution in [-0.4, -0.2) is 17.8 Å². The van der Waals surface area contributed by atoms with Crippen molar-refractivity contribution in [2.45, 2.75) is 50.2 Å². The molecule has 0 bridgehead atoms. The van der Waals surface area contributed by atoms with Gasteiger partial charge in [-0.05, 0) is 36.6 Å². The van der Waals surface area contributed by atoms with Crippen molar-refractivity contribution in [3.05, 3.63) is 0 Å². The second-order valence-electron chi connectivity index (χ2n) is 3.85. The van der Waals surface area contributed by atoms with Crippen LogP contribution in [0, 0.1) is 0 Å². The molecule has 0 aromatic rings. The Labute approximate surface area is 97.3 Å². The van der Waals surface area contributed by atoms with E-state index in [9.17, 15) is 0 Å². The first kappa shape index (κ1) is 13.1. The van der Waals surface area contributed by atoms with E-state index in [1.807, 2.05) is 0 Å². The van der Waals surface area contributed by atoms with E-state index >= 15 is 0 Å². The Balaban J connectivity index is 0.00000121. The average Bonchev–Trinajstić information content (AvgIpc) is 1.84. The number of rotatable bonds is 1. The number of halogens is 1. The fourth-order valence-corrected chi connectivity index (χ4v) is 3.17. The summed E-state index contributed by atoms with van der Waals surface area (Å²) in [4.78, 5) is 0. The fourth-order valence-electron chi connectivity index (χ4n) is 1.89. The minimum absolute atomic E-state index is 0. The zero-order valence-corrected chi connectivity index (χ0v) is 11.3. The van der Waals surface area contributed by atoms with E-state index in [-0.39, 0.29) is 24.0 Å². The zero-order valence-electron chi connectivity index (χ0n) is 8.31. The van der Waals surface area contributed by atoms with Crippen LogP contribution in [-0.2, 0) is 10.9 Å².